The fraction of sp³-hybridized carbons (Fsp3) is 0.400. The minimum absolute atomic E-state index is 0.0512. The number of rotatable bonds is 13. The number of unbranched alkanes of at least 4 members (excludes halogenated alkanes) is 2. The van der Waals surface area contributed by atoms with Crippen LogP contribution < -0.4 is 4.74 Å². The summed E-state index contributed by atoms with van der Waals surface area (Å²) in [6, 6.07) is 10.7. The number of halogens is 1. The number of ether oxygens (including phenoxy) is 1. The van der Waals surface area contributed by atoms with Crippen molar-refractivity contribution >= 4 is 11.8 Å². The highest BCUT2D eigenvalue weighted by Gasteiger charge is 2.31. The molecule has 0 bridgehead atoms. The van der Waals surface area contributed by atoms with Crippen LogP contribution in [0, 0.1) is 17.7 Å². The average molecular weight is 457 g/mol. The minimum Gasteiger partial charge on any atom is -0.493 e. The van der Waals surface area contributed by atoms with Gasteiger partial charge in [-0.15, -0.1) is 0 Å². The first-order valence-electron chi connectivity index (χ1n) is 11.1. The number of aliphatic carboxylic acids is 1. The van der Waals surface area contributed by atoms with Gasteiger partial charge in [-0.3, -0.25) is 14.7 Å². The number of aromatic nitrogens is 2. The molecule has 0 aliphatic heterocycles. The lowest BCUT2D eigenvalue weighted by Gasteiger charge is -2.20. The number of carboxylic acid groups (broad SMARTS) is 1. The number of carboxylic acids is 1. The molecule has 0 amide bonds. The fourth-order valence-corrected chi connectivity index (χ4v) is 3.67. The largest absolute Gasteiger partial charge is 0.493 e. The molecule has 1 unspecified atom stereocenters. The van der Waals surface area contributed by atoms with Gasteiger partial charge < -0.3 is 14.3 Å². The van der Waals surface area contributed by atoms with Gasteiger partial charge in [0.25, 0.3) is 0 Å². The number of furan rings is 1. The maximum absolute atomic E-state index is 15.0. The van der Waals surface area contributed by atoms with E-state index in [-0.39, 0.29) is 35.3 Å². The van der Waals surface area contributed by atoms with Gasteiger partial charge in [-0.2, -0.15) is 5.10 Å². The Morgan fingerprint density at radius 2 is 1.94 bits per heavy atom. The summed E-state index contributed by atoms with van der Waals surface area (Å²) in [7, 11) is 0. The molecule has 3 rings (SSSR count). The monoisotopic (exact) mass is 456 g/mol. The Bertz CT molecular complexity index is 1060. The zero-order chi connectivity index (χ0) is 23.8. The van der Waals surface area contributed by atoms with Crippen LogP contribution in [0.2, 0.25) is 0 Å². The van der Waals surface area contributed by atoms with Crippen molar-refractivity contribution in [2.75, 3.05) is 6.61 Å². The molecule has 33 heavy (non-hydrogen) atoms. The molecule has 0 radical (unpaired) electrons. The third-order valence-electron chi connectivity index (χ3n) is 5.55. The first kappa shape index (κ1) is 24.2. The molecule has 2 aromatic heterocycles. The molecule has 2 N–H and O–H groups in total. The Labute approximate surface area is 192 Å². The van der Waals surface area contributed by atoms with Gasteiger partial charge in [0, 0.05) is 12.3 Å². The van der Waals surface area contributed by atoms with Crippen LogP contribution in [0.15, 0.2) is 47.1 Å². The zero-order valence-electron chi connectivity index (χ0n) is 18.8. The number of para-hydroxylation sites is 1. The Kier molecular flexibility index (Phi) is 8.40. The summed E-state index contributed by atoms with van der Waals surface area (Å²) in [5.74, 6) is -1.48. The van der Waals surface area contributed by atoms with Crippen LogP contribution in [-0.4, -0.2) is 33.7 Å². The predicted molar refractivity (Wildman–Crippen MR) is 121 cm³/mol. The van der Waals surface area contributed by atoms with Crippen LogP contribution in [0.1, 0.15) is 55.6 Å². The number of nitrogens with one attached hydrogen (secondary N) is 1. The summed E-state index contributed by atoms with van der Waals surface area (Å²) in [5.41, 5.74) is 0.687. The van der Waals surface area contributed by atoms with E-state index >= 15 is 0 Å². The molecule has 0 aliphatic rings. The summed E-state index contributed by atoms with van der Waals surface area (Å²) < 4.78 is 26.1. The Hall–Kier alpha value is -3.42. The first-order chi connectivity index (χ1) is 15.9. The Balaban J connectivity index is 1.69. The van der Waals surface area contributed by atoms with Crippen molar-refractivity contribution in [3.05, 3.63) is 59.7 Å². The number of benzene rings is 1. The van der Waals surface area contributed by atoms with Gasteiger partial charge in [-0.05, 0) is 55.4 Å². The van der Waals surface area contributed by atoms with Gasteiger partial charge >= 0.3 is 5.97 Å². The van der Waals surface area contributed by atoms with E-state index in [1.807, 2.05) is 38.1 Å². The third-order valence-corrected chi connectivity index (χ3v) is 5.55. The lowest BCUT2D eigenvalue weighted by atomic mass is 9.84. The summed E-state index contributed by atoms with van der Waals surface area (Å²) in [4.78, 5) is 23.9. The van der Waals surface area contributed by atoms with E-state index in [1.54, 1.807) is 12.1 Å². The number of nitrogens with zero attached hydrogens (tertiary/aromatic N) is 1. The highest BCUT2D eigenvalue weighted by Crippen LogP contribution is 2.30. The smallest absolute Gasteiger partial charge is 0.303 e. The maximum Gasteiger partial charge on any atom is 0.303 e. The van der Waals surface area contributed by atoms with E-state index in [0.717, 1.165) is 18.4 Å². The van der Waals surface area contributed by atoms with Gasteiger partial charge in [0.05, 0.1) is 12.9 Å². The minimum atomic E-state index is -0.796. The Morgan fingerprint density at radius 1 is 1.15 bits per heavy atom. The number of aromatic amines is 1. The summed E-state index contributed by atoms with van der Waals surface area (Å²) >= 11 is 0. The number of H-pyrrole nitrogens is 1. The first-order valence-corrected chi connectivity index (χ1v) is 11.1. The topological polar surface area (TPSA) is 105 Å². The van der Waals surface area contributed by atoms with Crippen molar-refractivity contribution in [2.24, 2.45) is 11.8 Å². The Morgan fingerprint density at radius 3 is 2.64 bits per heavy atom. The van der Waals surface area contributed by atoms with E-state index in [1.165, 1.54) is 6.26 Å². The van der Waals surface area contributed by atoms with E-state index in [2.05, 4.69) is 10.2 Å². The standard InChI is InChI=1S/C25H29FN2O5/c1-16(2)18(25(31)24-22(26)23(27-28-24)20-11-8-14-33-20)15-17-9-5-6-10-19(17)32-13-7-3-4-12-21(29)30/h5-6,8-11,14,16,18H,3-4,7,12-13,15H2,1-2H3,(H,27,28)(H,29,30). The molecule has 0 spiro atoms. The van der Waals surface area contributed by atoms with Gasteiger partial charge in [0.1, 0.15) is 11.4 Å². The van der Waals surface area contributed by atoms with E-state index < -0.39 is 17.7 Å². The van der Waals surface area contributed by atoms with Crippen molar-refractivity contribution < 1.29 is 28.2 Å². The molecule has 1 aromatic carbocycles. The second-order valence-electron chi connectivity index (χ2n) is 8.32. The molecule has 176 valence electrons. The maximum atomic E-state index is 15.0. The second kappa shape index (κ2) is 11.4. The number of carbonyl (C=O) groups excluding carboxylic acids is 1. The molecule has 0 aliphatic carbocycles. The third kappa shape index (κ3) is 6.31. The summed E-state index contributed by atoms with van der Waals surface area (Å²) in [5, 5.41) is 15.2. The quantitative estimate of drug-likeness (QED) is 0.259. The SMILES string of the molecule is CC(C)C(Cc1ccccc1OCCCCCC(=O)O)C(=O)c1n[nH]c(-c2ccco2)c1F. The van der Waals surface area contributed by atoms with E-state index in [9.17, 15) is 14.0 Å². The molecule has 1 atom stereocenters. The van der Waals surface area contributed by atoms with Crippen LogP contribution in [0.3, 0.4) is 0 Å². The van der Waals surface area contributed by atoms with Crippen molar-refractivity contribution in [1.82, 2.24) is 10.2 Å². The number of hydrogen-bond donors (Lipinski definition) is 2. The van der Waals surface area contributed by atoms with Crippen LogP contribution >= 0.6 is 0 Å². The molecule has 0 fully saturated rings. The average Bonchev–Trinajstić information content (AvgIpc) is 3.44. The van der Waals surface area contributed by atoms with Gasteiger partial charge in [0.15, 0.2) is 23.1 Å². The molecule has 2 heterocycles. The van der Waals surface area contributed by atoms with Crippen molar-refractivity contribution in [2.45, 2.75) is 46.0 Å². The lowest BCUT2D eigenvalue weighted by Crippen LogP contribution is -2.24. The number of Topliss-reactive ketones (excluding diaryl/α,β-unsaturated/α-hetero) is 1. The van der Waals surface area contributed by atoms with Crippen LogP contribution in [0.4, 0.5) is 4.39 Å². The molecular formula is C25H29FN2O5. The van der Waals surface area contributed by atoms with Crippen molar-refractivity contribution in [3.63, 3.8) is 0 Å². The van der Waals surface area contributed by atoms with E-state index in [4.69, 9.17) is 14.3 Å². The van der Waals surface area contributed by atoms with Crippen LogP contribution in [-0.2, 0) is 11.2 Å². The van der Waals surface area contributed by atoms with Crippen LogP contribution in [0.25, 0.3) is 11.5 Å². The fourth-order valence-electron chi connectivity index (χ4n) is 3.67. The van der Waals surface area contributed by atoms with Crippen molar-refractivity contribution in [3.8, 4) is 17.2 Å². The van der Waals surface area contributed by atoms with E-state index in [0.29, 0.717) is 25.2 Å². The van der Waals surface area contributed by atoms with Gasteiger partial charge in [-0.25, -0.2) is 4.39 Å². The highest BCUT2D eigenvalue weighted by atomic mass is 19.1. The summed E-state index contributed by atoms with van der Waals surface area (Å²) in [6.45, 7) is 4.30. The second-order valence-corrected chi connectivity index (χ2v) is 8.32. The van der Waals surface area contributed by atoms with Crippen LogP contribution in [0.5, 0.6) is 5.75 Å². The predicted octanol–water partition coefficient (Wildman–Crippen LogP) is 5.53. The molecule has 8 heteroatoms. The van der Waals surface area contributed by atoms with Crippen molar-refractivity contribution in [1.29, 1.82) is 0 Å². The number of carbonyl (C=O) groups is 2. The molecule has 0 saturated carbocycles. The number of ketones is 1. The summed E-state index contributed by atoms with van der Waals surface area (Å²) in [6.07, 6.45) is 4.07. The lowest BCUT2D eigenvalue weighted by molar-refractivity contribution is -0.137. The number of hydrogen-bond acceptors (Lipinski definition) is 5. The molecule has 3 aromatic rings. The molecular weight excluding hydrogens is 427 g/mol. The zero-order valence-corrected chi connectivity index (χ0v) is 18.8. The van der Waals surface area contributed by atoms with Gasteiger partial charge in [-0.1, -0.05) is 32.0 Å². The molecule has 7 nitrogen and oxygen atoms in total. The van der Waals surface area contributed by atoms with Gasteiger partial charge in [0.2, 0.25) is 0 Å². The molecule has 0 saturated heterocycles. The highest BCUT2D eigenvalue weighted by molar-refractivity contribution is 5.97. The normalized spacial score (nSPS) is 12.1.